The molecule has 2 amide bonds. The standard InChI is InChI=1S/C12H15N3O3/c1-7(2)14-11(16)13-6-8-3-4-10-9(5-8)15-12(17)18-10/h3-5,7H,6H2,1-2H3,(H,15,17)(H2,13,14,16). The third-order valence-electron chi connectivity index (χ3n) is 2.36. The lowest BCUT2D eigenvalue weighted by Crippen LogP contribution is -2.39. The van der Waals surface area contributed by atoms with Crippen LogP contribution in [0, 0.1) is 0 Å². The highest BCUT2D eigenvalue weighted by molar-refractivity contribution is 5.75. The van der Waals surface area contributed by atoms with Crippen molar-refractivity contribution in [3.63, 3.8) is 0 Å². The van der Waals surface area contributed by atoms with E-state index in [1.54, 1.807) is 18.2 Å². The average molecular weight is 249 g/mol. The van der Waals surface area contributed by atoms with Crippen LogP contribution in [0.4, 0.5) is 4.79 Å². The van der Waals surface area contributed by atoms with Crippen molar-refractivity contribution in [2.75, 3.05) is 0 Å². The van der Waals surface area contributed by atoms with Gasteiger partial charge in [-0.25, -0.2) is 9.59 Å². The summed E-state index contributed by atoms with van der Waals surface area (Å²) in [5.74, 6) is -0.479. The third kappa shape index (κ3) is 2.91. The Morgan fingerprint density at radius 3 is 2.94 bits per heavy atom. The van der Waals surface area contributed by atoms with Gasteiger partial charge in [-0.2, -0.15) is 0 Å². The molecular weight excluding hydrogens is 234 g/mol. The molecule has 1 heterocycles. The first-order valence-corrected chi connectivity index (χ1v) is 5.71. The molecule has 0 spiro atoms. The summed E-state index contributed by atoms with van der Waals surface area (Å²) in [4.78, 5) is 24.9. The molecular formula is C12H15N3O3. The number of carbonyl (C=O) groups excluding carboxylic acids is 1. The van der Waals surface area contributed by atoms with E-state index in [9.17, 15) is 9.59 Å². The lowest BCUT2D eigenvalue weighted by Gasteiger charge is -2.09. The van der Waals surface area contributed by atoms with Crippen LogP contribution >= 0.6 is 0 Å². The zero-order valence-electron chi connectivity index (χ0n) is 10.2. The molecule has 1 aromatic heterocycles. The number of fused-ring (bicyclic) bond motifs is 1. The van der Waals surface area contributed by atoms with Crippen LogP contribution in [0.3, 0.4) is 0 Å². The maximum atomic E-state index is 11.4. The van der Waals surface area contributed by atoms with Gasteiger partial charge in [0.1, 0.15) is 0 Å². The molecule has 18 heavy (non-hydrogen) atoms. The van der Waals surface area contributed by atoms with Crippen molar-refractivity contribution in [1.29, 1.82) is 0 Å². The van der Waals surface area contributed by atoms with Gasteiger partial charge in [-0.15, -0.1) is 0 Å². The number of hydrogen-bond donors (Lipinski definition) is 3. The van der Waals surface area contributed by atoms with E-state index in [0.717, 1.165) is 5.56 Å². The molecule has 3 N–H and O–H groups in total. The van der Waals surface area contributed by atoms with E-state index in [1.165, 1.54) is 0 Å². The minimum absolute atomic E-state index is 0.0951. The minimum atomic E-state index is -0.479. The summed E-state index contributed by atoms with van der Waals surface area (Å²) in [7, 11) is 0. The largest absolute Gasteiger partial charge is 0.417 e. The second-order valence-corrected chi connectivity index (χ2v) is 4.33. The fraction of sp³-hybridized carbons (Fsp3) is 0.333. The molecule has 0 radical (unpaired) electrons. The van der Waals surface area contributed by atoms with Gasteiger partial charge >= 0.3 is 11.8 Å². The molecule has 96 valence electrons. The van der Waals surface area contributed by atoms with E-state index in [4.69, 9.17) is 4.42 Å². The maximum absolute atomic E-state index is 11.4. The lowest BCUT2D eigenvalue weighted by atomic mass is 10.2. The molecule has 0 aliphatic rings. The van der Waals surface area contributed by atoms with E-state index in [-0.39, 0.29) is 12.1 Å². The number of benzene rings is 1. The zero-order chi connectivity index (χ0) is 13.1. The molecule has 0 unspecified atom stereocenters. The Bertz CT molecular complexity index is 612. The number of aromatic amines is 1. The molecule has 2 aromatic rings. The molecule has 6 nitrogen and oxygen atoms in total. The summed E-state index contributed by atoms with van der Waals surface area (Å²) in [5, 5.41) is 5.46. The van der Waals surface area contributed by atoms with Crippen molar-refractivity contribution >= 4 is 17.1 Å². The quantitative estimate of drug-likeness (QED) is 0.766. The van der Waals surface area contributed by atoms with E-state index in [2.05, 4.69) is 15.6 Å². The van der Waals surface area contributed by atoms with Crippen LogP contribution in [0.25, 0.3) is 11.1 Å². The van der Waals surface area contributed by atoms with Crippen molar-refractivity contribution in [2.45, 2.75) is 26.4 Å². The first kappa shape index (κ1) is 12.2. The minimum Gasteiger partial charge on any atom is -0.408 e. The Balaban J connectivity index is 2.03. The Morgan fingerprint density at radius 2 is 2.22 bits per heavy atom. The number of H-pyrrole nitrogens is 1. The fourth-order valence-electron chi connectivity index (χ4n) is 1.60. The van der Waals surface area contributed by atoms with Gasteiger partial charge in [0.2, 0.25) is 0 Å². The summed E-state index contributed by atoms with van der Waals surface area (Å²) < 4.78 is 4.89. The van der Waals surface area contributed by atoms with Crippen LogP contribution in [0.15, 0.2) is 27.4 Å². The molecule has 1 aromatic carbocycles. The first-order chi connectivity index (χ1) is 8.54. The van der Waals surface area contributed by atoms with Gasteiger partial charge in [0.25, 0.3) is 0 Å². The van der Waals surface area contributed by atoms with Gasteiger partial charge in [-0.05, 0) is 31.5 Å². The summed E-state index contributed by atoms with van der Waals surface area (Å²) >= 11 is 0. The van der Waals surface area contributed by atoms with E-state index < -0.39 is 5.76 Å². The van der Waals surface area contributed by atoms with Gasteiger partial charge in [-0.3, -0.25) is 4.98 Å². The van der Waals surface area contributed by atoms with E-state index >= 15 is 0 Å². The van der Waals surface area contributed by atoms with E-state index in [0.29, 0.717) is 17.6 Å². The van der Waals surface area contributed by atoms with Crippen molar-refractivity contribution in [1.82, 2.24) is 15.6 Å². The summed E-state index contributed by atoms with van der Waals surface area (Å²) in [6, 6.07) is 5.15. The maximum Gasteiger partial charge on any atom is 0.417 e. The van der Waals surface area contributed by atoms with Gasteiger partial charge in [0.05, 0.1) is 5.52 Å². The number of rotatable bonds is 3. The predicted molar refractivity (Wildman–Crippen MR) is 67.3 cm³/mol. The fourth-order valence-corrected chi connectivity index (χ4v) is 1.60. The van der Waals surface area contributed by atoms with Crippen molar-refractivity contribution < 1.29 is 9.21 Å². The summed E-state index contributed by atoms with van der Waals surface area (Å²) in [5.41, 5.74) is 2.03. The highest BCUT2D eigenvalue weighted by atomic mass is 16.4. The number of aromatic nitrogens is 1. The van der Waals surface area contributed by atoms with E-state index in [1.807, 2.05) is 13.8 Å². The average Bonchev–Trinajstić information content (AvgIpc) is 2.64. The predicted octanol–water partition coefficient (Wildman–Crippen LogP) is 1.33. The number of oxazole rings is 1. The topological polar surface area (TPSA) is 87.1 Å². The molecule has 6 heteroatoms. The Morgan fingerprint density at radius 1 is 1.44 bits per heavy atom. The highest BCUT2D eigenvalue weighted by Crippen LogP contribution is 2.11. The van der Waals surface area contributed by atoms with Crippen LogP contribution < -0.4 is 16.4 Å². The second-order valence-electron chi connectivity index (χ2n) is 4.33. The lowest BCUT2D eigenvalue weighted by molar-refractivity contribution is 0.238. The van der Waals surface area contributed by atoms with Gasteiger partial charge < -0.3 is 15.1 Å². The Hall–Kier alpha value is -2.24. The van der Waals surface area contributed by atoms with Crippen molar-refractivity contribution in [3.05, 3.63) is 34.3 Å². The second kappa shape index (κ2) is 4.95. The van der Waals surface area contributed by atoms with Crippen LogP contribution in [0.5, 0.6) is 0 Å². The number of hydrogen-bond acceptors (Lipinski definition) is 3. The molecule has 2 rings (SSSR count). The Labute approximate surface area is 103 Å². The van der Waals surface area contributed by atoms with Crippen LogP contribution in [-0.2, 0) is 6.54 Å². The molecule has 0 atom stereocenters. The summed E-state index contributed by atoms with van der Waals surface area (Å²) in [6.07, 6.45) is 0. The SMILES string of the molecule is CC(C)NC(=O)NCc1ccc2oc(=O)[nH]c2c1. The van der Waals surface area contributed by atoms with Gasteiger partial charge in [0.15, 0.2) is 5.58 Å². The first-order valence-electron chi connectivity index (χ1n) is 5.71. The molecule has 0 saturated carbocycles. The van der Waals surface area contributed by atoms with Crippen LogP contribution in [0.1, 0.15) is 19.4 Å². The molecule has 0 aliphatic carbocycles. The zero-order valence-corrected chi connectivity index (χ0v) is 10.2. The molecule has 0 fully saturated rings. The Kier molecular flexibility index (Phi) is 3.36. The van der Waals surface area contributed by atoms with Crippen molar-refractivity contribution in [2.24, 2.45) is 0 Å². The molecule has 0 aliphatic heterocycles. The number of nitrogens with one attached hydrogen (secondary N) is 3. The third-order valence-corrected chi connectivity index (χ3v) is 2.36. The normalized spacial score (nSPS) is 10.8. The number of urea groups is 1. The van der Waals surface area contributed by atoms with Crippen LogP contribution in [-0.4, -0.2) is 17.1 Å². The monoisotopic (exact) mass is 249 g/mol. The van der Waals surface area contributed by atoms with Crippen molar-refractivity contribution in [3.8, 4) is 0 Å². The van der Waals surface area contributed by atoms with Gasteiger partial charge in [0, 0.05) is 12.6 Å². The number of amides is 2. The smallest absolute Gasteiger partial charge is 0.408 e. The molecule has 0 bridgehead atoms. The summed E-state index contributed by atoms with van der Waals surface area (Å²) in [6.45, 7) is 4.17. The van der Waals surface area contributed by atoms with Crippen LogP contribution in [0.2, 0.25) is 0 Å². The highest BCUT2D eigenvalue weighted by Gasteiger charge is 2.04. The number of carbonyl (C=O) groups is 1. The molecule has 0 saturated heterocycles. The van der Waals surface area contributed by atoms with Gasteiger partial charge in [-0.1, -0.05) is 6.07 Å².